The lowest BCUT2D eigenvalue weighted by molar-refractivity contribution is -0.117. The lowest BCUT2D eigenvalue weighted by atomic mass is 9.95. The van der Waals surface area contributed by atoms with Crippen molar-refractivity contribution in [3.05, 3.63) is 39.3 Å². The molecule has 168 valence electrons. The lowest BCUT2D eigenvalue weighted by Gasteiger charge is -2.33. The Morgan fingerprint density at radius 1 is 1.23 bits per heavy atom. The van der Waals surface area contributed by atoms with Gasteiger partial charge in [0.05, 0.1) is 39.0 Å². The van der Waals surface area contributed by atoms with Gasteiger partial charge in [-0.2, -0.15) is 0 Å². The van der Waals surface area contributed by atoms with Gasteiger partial charge < -0.3 is 24.6 Å². The van der Waals surface area contributed by atoms with E-state index in [0.29, 0.717) is 34.2 Å². The molecule has 8 nitrogen and oxygen atoms in total. The molecule has 1 amide bonds. The summed E-state index contributed by atoms with van der Waals surface area (Å²) in [5.41, 5.74) is 2.68. The van der Waals surface area contributed by atoms with Crippen molar-refractivity contribution in [1.82, 2.24) is 4.90 Å². The smallest absolute Gasteiger partial charge is 0.341 e. The lowest BCUT2D eigenvalue weighted by Crippen LogP contribution is -2.39. The number of aliphatic hydroxyl groups excluding tert-OH is 1. The normalized spacial score (nSPS) is 15.9. The van der Waals surface area contributed by atoms with Crippen LogP contribution in [0.5, 0.6) is 11.5 Å². The Labute approximate surface area is 185 Å². The largest absolute Gasteiger partial charge is 0.496 e. The summed E-state index contributed by atoms with van der Waals surface area (Å²) < 4.78 is 16.0. The van der Waals surface area contributed by atoms with E-state index in [-0.39, 0.29) is 25.6 Å². The third-order valence-corrected chi connectivity index (χ3v) is 6.47. The molecular formula is C22H28N2O6S. The summed E-state index contributed by atoms with van der Waals surface area (Å²) in [6.45, 7) is 6.49. The fraction of sp³-hybridized carbons (Fsp3) is 0.455. The zero-order valence-electron chi connectivity index (χ0n) is 18.4. The second-order valence-electron chi connectivity index (χ2n) is 7.30. The second-order valence-corrected chi connectivity index (χ2v) is 8.53. The SMILES string of the molecule is CCOC(=O)c1c(NC(=O)CN2Cc3c(OC)ccc(OC)c3[C@@H](O)C2)sc(C)c1C. The van der Waals surface area contributed by atoms with Crippen molar-refractivity contribution in [2.24, 2.45) is 0 Å². The van der Waals surface area contributed by atoms with Crippen molar-refractivity contribution in [2.75, 3.05) is 39.2 Å². The predicted molar refractivity (Wildman–Crippen MR) is 118 cm³/mol. The highest BCUT2D eigenvalue weighted by molar-refractivity contribution is 7.16. The number of methoxy groups -OCH3 is 2. The first-order valence-corrected chi connectivity index (χ1v) is 10.8. The van der Waals surface area contributed by atoms with Crippen LogP contribution in [-0.2, 0) is 16.1 Å². The van der Waals surface area contributed by atoms with Crippen LogP contribution in [0.4, 0.5) is 5.00 Å². The molecule has 3 rings (SSSR count). The number of hydrogen-bond acceptors (Lipinski definition) is 8. The Balaban J connectivity index is 1.78. The molecule has 0 saturated heterocycles. The molecular weight excluding hydrogens is 420 g/mol. The van der Waals surface area contributed by atoms with Gasteiger partial charge in [0.25, 0.3) is 0 Å². The molecule has 1 aromatic carbocycles. The van der Waals surface area contributed by atoms with Gasteiger partial charge in [-0.25, -0.2) is 4.79 Å². The second kappa shape index (κ2) is 9.67. The van der Waals surface area contributed by atoms with E-state index in [9.17, 15) is 14.7 Å². The van der Waals surface area contributed by atoms with E-state index in [1.807, 2.05) is 18.7 Å². The molecule has 0 fully saturated rings. The maximum absolute atomic E-state index is 12.8. The first-order valence-electron chi connectivity index (χ1n) is 10.0. The maximum Gasteiger partial charge on any atom is 0.341 e. The molecule has 1 aromatic heterocycles. The minimum Gasteiger partial charge on any atom is -0.496 e. The van der Waals surface area contributed by atoms with Crippen molar-refractivity contribution < 1.29 is 28.9 Å². The van der Waals surface area contributed by atoms with Gasteiger partial charge in [0.15, 0.2) is 0 Å². The topological polar surface area (TPSA) is 97.3 Å². The van der Waals surface area contributed by atoms with Crippen molar-refractivity contribution in [3.63, 3.8) is 0 Å². The molecule has 1 aliphatic heterocycles. The van der Waals surface area contributed by atoms with Gasteiger partial charge in [-0.3, -0.25) is 9.69 Å². The number of nitrogens with one attached hydrogen (secondary N) is 1. The number of carbonyl (C=O) groups excluding carboxylic acids is 2. The van der Waals surface area contributed by atoms with Crippen LogP contribution in [0.25, 0.3) is 0 Å². The molecule has 0 aliphatic carbocycles. The number of hydrogen-bond donors (Lipinski definition) is 2. The summed E-state index contributed by atoms with van der Waals surface area (Å²) in [7, 11) is 3.12. The molecule has 0 saturated carbocycles. The van der Waals surface area contributed by atoms with Gasteiger partial charge in [-0.15, -0.1) is 11.3 Å². The Morgan fingerprint density at radius 3 is 2.55 bits per heavy atom. The van der Waals surface area contributed by atoms with E-state index in [0.717, 1.165) is 16.0 Å². The number of fused-ring (bicyclic) bond motifs is 1. The quantitative estimate of drug-likeness (QED) is 0.629. The summed E-state index contributed by atoms with van der Waals surface area (Å²) in [5.74, 6) is 0.508. The van der Waals surface area contributed by atoms with Crippen LogP contribution in [-0.4, -0.2) is 55.8 Å². The van der Waals surface area contributed by atoms with Crippen LogP contribution in [0.3, 0.4) is 0 Å². The van der Waals surface area contributed by atoms with E-state index >= 15 is 0 Å². The number of nitrogens with zero attached hydrogens (tertiary/aromatic N) is 1. The maximum atomic E-state index is 12.8. The molecule has 0 spiro atoms. The van der Waals surface area contributed by atoms with Crippen LogP contribution in [0.15, 0.2) is 12.1 Å². The molecule has 2 N–H and O–H groups in total. The number of carbonyl (C=O) groups is 2. The highest BCUT2D eigenvalue weighted by atomic mass is 32.1. The molecule has 1 aliphatic rings. The molecule has 9 heteroatoms. The molecule has 0 unspecified atom stereocenters. The molecule has 0 radical (unpaired) electrons. The fourth-order valence-electron chi connectivity index (χ4n) is 3.80. The minimum absolute atomic E-state index is 0.0507. The number of aryl methyl sites for hydroxylation is 1. The number of ether oxygens (including phenoxy) is 3. The summed E-state index contributed by atoms with van der Waals surface area (Å²) in [6.07, 6.45) is -0.817. The van der Waals surface area contributed by atoms with E-state index in [1.54, 1.807) is 33.3 Å². The Morgan fingerprint density at radius 2 is 1.90 bits per heavy atom. The number of thiophene rings is 1. The number of rotatable bonds is 7. The van der Waals surface area contributed by atoms with Gasteiger partial charge in [0.2, 0.25) is 5.91 Å². The summed E-state index contributed by atoms with van der Waals surface area (Å²) >= 11 is 1.35. The number of aliphatic hydroxyl groups is 1. The first-order chi connectivity index (χ1) is 14.8. The molecule has 2 aromatic rings. The van der Waals surface area contributed by atoms with Crippen molar-refractivity contribution in [1.29, 1.82) is 0 Å². The van der Waals surface area contributed by atoms with Crippen LogP contribution in [0, 0.1) is 13.8 Å². The number of β-amino-alcohol motifs (C(OH)–C–C–N with tert-alkyl or cyclic N) is 1. The van der Waals surface area contributed by atoms with Gasteiger partial charge in [0, 0.05) is 29.1 Å². The minimum atomic E-state index is -0.817. The van der Waals surface area contributed by atoms with Crippen LogP contribution in [0.2, 0.25) is 0 Å². The Hall–Kier alpha value is -2.62. The molecule has 1 atom stereocenters. The van der Waals surface area contributed by atoms with E-state index < -0.39 is 12.1 Å². The zero-order valence-corrected chi connectivity index (χ0v) is 19.2. The third-order valence-electron chi connectivity index (χ3n) is 5.35. The van der Waals surface area contributed by atoms with Crippen molar-refractivity contribution in [2.45, 2.75) is 33.4 Å². The van der Waals surface area contributed by atoms with Gasteiger partial charge in [0.1, 0.15) is 16.5 Å². The molecule has 0 bridgehead atoms. The van der Waals surface area contributed by atoms with Gasteiger partial charge in [-0.1, -0.05) is 0 Å². The number of anilines is 1. The first kappa shape index (κ1) is 23.1. The predicted octanol–water partition coefficient (Wildman–Crippen LogP) is 3.05. The average molecular weight is 449 g/mol. The summed E-state index contributed by atoms with van der Waals surface area (Å²) in [5, 5.41) is 14.0. The molecule has 2 heterocycles. The zero-order chi connectivity index (χ0) is 22.7. The number of amides is 1. The van der Waals surface area contributed by atoms with Crippen molar-refractivity contribution in [3.8, 4) is 11.5 Å². The molecule has 31 heavy (non-hydrogen) atoms. The monoisotopic (exact) mass is 448 g/mol. The van der Waals surface area contributed by atoms with E-state index in [4.69, 9.17) is 14.2 Å². The highest BCUT2D eigenvalue weighted by Crippen LogP contribution is 2.39. The number of esters is 1. The van der Waals surface area contributed by atoms with Crippen LogP contribution >= 0.6 is 11.3 Å². The van der Waals surface area contributed by atoms with Gasteiger partial charge in [-0.05, 0) is 38.5 Å². The summed E-state index contributed by atoms with van der Waals surface area (Å²) in [4.78, 5) is 27.9. The van der Waals surface area contributed by atoms with Crippen LogP contribution < -0.4 is 14.8 Å². The van der Waals surface area contributed by atoms with E-state index in [1.165, 1.54) is 11.3 Å². The fourth-order valence-corrected chi connectivity index (χ4v) is 4.86. The highest BCUT2D eigenvalue weighted by Gasteiger charge is 2.31. The Bertz CT molecular complexity index is 987. The van der Waals surface area contributed by atoms with Crippen LogP contribution in [0.1, 0.15) is 45.0 Å². The van der Waals surface area contributed by atoms with Crippen molar-refractivity contribution >= 4 is 28.2 Å². The average Bonchev–Trinajstić information content (AvgIpc) is 3.00. The standard InChI is InChI=1S/C22H28N2O6S/c1-6-30-22(27)19-12(2)13(3)31-21(19)23-18(26)11-24-9-14-16(28-4)7-8-17(29-5)20(14)15(25)10-24/h7-8,15,25H,6,9-11H2,1-5H3,(H,23,26)/t15-/m0/s1. The summed E-state index contributed by atoms with van der Waals surface area (Å²) in [6, 6.07) is 3.55. The third kappa shape index (κ3) is 4.68. The Kier molecular flexibility index (Phi) is 7.19. The van der Waals surface area contributed by atoms with Gasteiger partial charge >= 0.3 is 5.97 Å². The van der Waals surface area contributed by atoms with E-state index in [2.05, 4.69) is 5.32 Å². The number of benzene rings is 1.